The first-order valence-corrected chi connectivity index (χ1v) is 10.1. The highest BCUT2D eigenvalue weighted by Gasteiger charge is 2.16. The highest BCUT2D eigenvalue weighted by atomic mass is 35.5. The van der Waals surface area contributed by atoms with Crippen LogP contribution in [0.25, 0.3) is 5.69 Å². The van der Waals surface area contributed by atoms with Crippen LogP contribution in [0.1, 0.15) is 10.4 Å². The second-order valence-corrected chi connectivity index (χ2v) is 7.30. The van der Waals surface area contributed by atoms with Crippen LogP contribution in [-0.2, 0) is 0 Å². The lowest BCUT2D eigenvalue weighted by atomic mass is 10.2. The third-order valence-corrected chi connectivity index (χ3v) is 4.95. The summed E-state index contributed by atoms with van der Waals surface area (Å²) in [5, 5.41) is 16.9. The Balaban J connectivity index is 1.75. The number of anilines is 2. The van der Waals surface area contributed by atoms with E-state index in [0.29, 0.717) is 27.9 Å². The number of rotatable bonds is 7. The molecule has 0 aliphatic rings. The molecule has 4 rings (SSSR count). The predicted octanol–water partition coefficient (Wildman–Crippen LogP) is 5.13. The maximum atomic E-state index is 13.4. The van der Waals surface area contributed by atoms with Crippen LogP contribution in [0.15, 0.2) is 83.8 Å². The molecule has 0 aliphatic carbocycles. The maximum absolute atomic E-state index is 13.4. The molecule has 0 amide bonds. The Morgan fingerprint density at radius 3 is 2.21 bits per heavy atom. The van der Waals surface area contributed by atoms with E-state index in [0.717, 1.165) is 0 Å². The Labute approximate surface area is 193 Å². The molecule has 0 radical (unpaired) electrons. The Morgan fingerprint density at radius 2 is 1.61 bits per heavy atom. The van der Waals surface area contributed by atoms with E-state index in [4.69, 9.17) is 26.2 Å². The van der Waals surface area contributed by atoms with Gasteiger partial charge in [0.2, 0.25) is 0 Å². The van der Waals surface area contributed by atoms with Gasteiger partial charge in [-0.1, -0.05) is 11.6 Å². The van der Waals surface area contributed by atoms with Gasteiger partial charge in [-0.3, -0.25) is 4.79 Å². The summed E-state index contributed by atoms with van der Waals surface area (Å²) in [6.07, 6.45) is 1.42. The zero-order chi connectivity index (χ0) is 23.4. The quantitative estimate of drug-likeness (QED) is 0.391. The number of hydrogen-bond acceptors (Lipinski definition) is 6. The lowest BCUT2D eigenvalue weighted by Crippen LogP contribution is -2.24. The number of hydrogen-bond donors (Lipinski definition) is 2. The number of ether oxygens (including phenoxy) is 2. The summed E-state index contributed by atoms with van der Waals surface area (Å²) < 4.78 is 12.3. The number of carboxylic acid groups (broad SMARTS) is 1. The number of nitrogens with zero attached hydrogens (tertiary/aromatic N) is 2. The molecule has 0 fully saturated rings. The van der Waals surface area contributed by atoms with Crippen molar-refractivity contribution < 1.29 is 19.4 Å². The monoisotopic (exact) mass is 463 g/mol. The van der Waals surface area contributed by atoms with Crippen LogP contribution >= 0.6 is 11.6 Å². The van der Waals surface area contributed by atoms with E-state index in [9.17, 15) is 9.59 Å². The van der Waals surface area contributed by atoms with E-state index in [1.54, 1.807) is 67.8 Å². The van der Waals surface area contributed by atoms with Gasteiger partial charge >= 0.3 is 5.97 Å². The van der Waals surface area contributed by atoms with Crippen molar-refractivity contribution in [3.63, 3.8) is 0 Å². The minimum Gasteiger partial charge on any atom is -0.497 e. The zero-order valence-electron chi connectivity index (χ0n) is 17.4. The first-order valence-electron chi connectivity index (χ1n) is 9.75. The number of methoxy groups -OCH3 is 1. The molecule has 0 spiro atoms. The zero-order valence-corrected chi connectivity index (χ0v) is 18.1. The fraction of sp³-hybridized carbons (Fsp3) is 0.0417. The lowest BCUT2D eigenvalue weighted by Gasteiger charge is -2.15. The Bertz CT molecular complexity index is 1330. The lowest BCUT2D eigenvalue weighted by molar-refractivity contribution is 0.0697. The van der Waals surface area contributed by atoms with Crippen LogP contribution in [-0.4, -0.2) is 28.0 Å². The van der Waals surface area contributed by atoms with E-state index in [2.05, 4.69) is 10.4 Å². The first kappa shape index (κ1) is 21.9. The number of carbonyl (C=O) groups is 1. The molecule has 1 heterocycles. The van der Waals surface area contributed by atoms with Gasteiger partial charge < -0.3 is 19.9 Å². The Morgan fingerprint density at radius 1 is 0.970 bits per heavy atom. The van der Waals surface area contributed by atoms with Gasteiger partial charge in [0.1, 0.15) is 11.5 Å². The summed E-state index contributed by atoms with van der Waals surface area (Å²) in [6, 6.07) is 19.5. The summed E-state index contributed by atoms with van der Waals surface area (Å²) in [7, 11) is 1.56. The van der Waals surface area contributed by atoms with Crippen molar-refractivity contribution in [3.8, 4) is 22.9 Å². The van der Waals surface area contributed by atoms with Crippen LogP contribution in [0.3, 0.4) is 0 Å². The molecule has 0 aliphatic heterocycles. The molecule has 0 atom stereocenters. The van der Waals surface area contributed by atoms with Crippen LogP contribution in [0.2, 0.25) is 5.02 Å². The van der Waals surface area contributed by atoms with Gasteiger partial charge in [-0.25, -0.2) is 4.79 Å². The van der Waals surface area contributed by atoms with Crippen molar-refractivity contribution in [1.82, 2.24) is 9.78 Å². The number of halogens is 1. The van der Waals surface area contributed by atoms with E-state index in [1.807, 2.05) is 0 Å². The van der Waals surface area contributed by atoms with Gasteiger partial charge in [0.15, 0.2) is 11.4 Å². The van der Waals surface area contributed by atoms with E-state index < -0.39 is 11.5 Å². The molecular weight excluding hydrogens is 446 g/mol. The van der Waals surface area contributed by atoms with Gasteiger partial charge in [-0.05, 0) is 72.8 Å². The minimum absolute atomic E-state index is 0.124. The number of benzene rings is 3. The SMILES string of the molecule is COc1ccc(Oc2cnn(-c3ccc(Cl)cc3)c(=O)c2Nc2ccc(C(=O)O)cc2)cc1. The average molecular weight is 464 g/mol. The van der Waals surface area contributed by atoms with Crippen molar-refractivity contribution in [3.05, 3.63) is 99.9 Å². The van der Waals surface area contributed by atoms with Crippen molar-refractivity contribution in [2.24, 2.45) is 0 Å². The molecule has 3 aromatic carbocycles. The molecule has 0 bridgehead atoms. The van der Waals surface area contributed by atoms with Crippen molar-refractivity contribution >= 4 is 28.9 Å². The number of aromatic nitrogens is 2. The number of aromatic carboxylic acids is 1. The highest BCUT2D eigenvalue weighted by Crippen LogP contribution is 2.30. The minimum atomic E-state index is -1.04. The molecule has 0 unspecified atom stereocenters. The van der Waals surface area contributed by atoms with Crippen molar-refractivity contribution in [2.45, 2.75) is 0 Å². The predicted molar refractivity (Wildman–Crippen MR) is 125 cm³/mol. The molecule has 166 valence electrons. The molecule has 1 aromatic heterocycles. The van der Waals surface area contributed by atoms with Crippen LogP contribution < -0.4 is 20.3 Å². The van der Waals surface area contributed by atoms with Gasteiger partial charge in [0.05, 0.1) is 24.6 Å². The topological polar surface area (TPSA) is 103 Å². The second-order valence-electron chi connectivity index (χ2n) is 6.86. The summed E-state index contributed by atoms with van der Waals surface area (Å²) >= 11 is 5.96. The Kier molecular flexibility index (Phi) is 6.28. The molecular formula is C24H18ClN3O5. The third kappa shape index (κ3) is 4.97. The molecule has 33 heavy (non-hydrogen) atoms. The summed E-state index contributed by atoms with van der Waals surface area (Å²) in [6.45, 7) is 0. The molecule has 2 N–H and O–H groups in total. The largest absolute Gasteiger partial charge is 0.497 e. The van der Waals surface area contributed by atoms with E-state index in [1.165, 1.54) is 23.0 Å². The fourth-order valence-electron chi connectivity index (χ4n) is 3.01. The van der Waals surface area contributed by atoms with Gasteiger partial charge in [-0.15, -0.1) is 0 Å². The van der Waals surface area contributed by atoms with Gasteiger partial charge in [0.25, 0.3) is 5.56 Å². The molecule has 0 saturated heterocycles. The van der Waals surface area contributed by atoms with E-state index in [-0.39, 0.29) is 17.0 Å². The maximum Gasteiger partial charge on any atom is 0.335 e. The first-order chi connectivity index (χ1) is 15.9. The highest BCUT2D eigenvalue weighted by molar-refractivity contribution is 6.30. The molecule has 8 nitrogen and oxygen atoms in total. The summed E-state index contributed by atoms with van der Waals surface area (Å²) in [4.78, 5) is 24.5. The standard InChI is InChI=1S/C24H18ClN3O5/c1-32-19-10-12-20(13-11-19)33-21-14-26-28(18-8-4-16(25)5-9-18)23(29)22(21)27-17-6-2-15(3-7-17)24(30)31/h2-14,27H,1H3,(H,30,31). The normalized spacial score (nSPS) is 10.5. The fourth-order valence-corrected chi connectivity index (χ4v) is 3.13. The van der Waals surface area contributed by atoms with Crippen molar-refractivity contribution in [1.29, 1.82) is 0 Å². The number of carboxylic acids is 1. The van der Waals surface area contributed by atoms with Crippen molar-refractivity contribution in [2.75, 3.05) is 12.4 Å². The average Bonchev–Trinajstić information content (AvgIpc) is 2.83. The summed E-state index contributed by atoms with van der Waals surface area (Å²) in [5.74, 6) is 0.290. The molecule has 0 saturated carbocycles. The smallest absolute Gasteiger partial charge is 0.335 e. The van der Waals surface area contributed by atoms with Gasteiger partial charge in [0, 0.05) is 10.7 Å². The second kappa shape index (κ2) is 9.46. The number of nitrogens with one attached hydrogen (secondary N) is 1. The van der Waals surface area contributed by atoms with Crippen LogP contribution in [0.4, 0.5) is 11.4 Å². The summed E-state index contributed by atoms with van der Waals surface area (Å²) in [5.41, 5.74) is 0.809. The van der Waals surface area contributed by atoms with Gasteiger partial charge in [-0.2, -0.15) is 9.78 Å². The molecule has 9 heteroatoms. The van der Waals surface area contributed by atoms with Crippen LogP contribution in [0, 0.1) is 0 Å². The van der Waals surface area contributed by atoms with Crippen LogP contribution in [0.5, 0.6) is 17.2 Å². The molecule has 4 aromatic rings. The Hall–Kier alpha value is -4.30. The third-order valence-electron chi connectivity index (χ3n) is 4.70. The van der Waals surface area contributed by atoms with E-state index >= 15 is 0 Å².